The summed E-state index contributed by atoms with van der Waals surface area (Å²) < 4.78 is 27.5. The molecular formula is C17H20N2O5S. The second-order valence-electron chi connectivity index (χ2n) is 5.30. The molecule has 2 aromatic rings. The van der Waals surface area contributed by atoms with E-state index < -0.39 is 28.1 Å². The van der Waals surface area contributed by atoms with Gasteiger partial charge in [-0.1, -0.05) is 30.3 Å². The van der Waals surface area contributed by atoms with Crippen molar-refractivity contribution in [2.75, 3.05) is 11.9 Å². The van der Waals surface area contributed by atoms with E-state index in [9.17, 15) is 18.3 Å². The molecule has 0 spiro atoms. The molecule has 0 aliphatic carbocycles. The second kappa shape index (κ2) is 8.11. The maximum atomic E-state index is 11.9. The first-order chi connectivity index (χ1) is 11.8. The number of primary sulfonamides is 1. The Hall–Kier alpha value is -2.42. The highest BCUT2D eigenvalue weighted by molar-refractivity contribution is 7.89. The van der Waals surface area contributed by atoms with Crippen LogP contribution in [0.25, 0.3) is 0 Å². The van der Waals surface area contributed by atoms with Crippen molar-refractivity contribution in [1.82, 2.24) is 0 Å². The van der Waals surface area contributed by atoms with Crippen LogP contribution >= 0.6 is 0 Å². The van der Waals surface area contributed by atoms with Crippen molar-refractivity contribution in [1.29, 1.82) is 0 Å². The number of aliphatic hydroxyl groups is 1. The van der Waals surface area contributed by atoms with Crippen LogP contribution in [-0.4, -0.2) is 32.2 Å². The van der Waals surface area contributed by atoms with Gasteiger partial charge in [-0.25, -0.2) is 18.4 Å². The molecule has 0 heterocycles. The molecule has 0 amide bonds. The fraction of sp³-hybridized carbons (Fsp3) is 0.235. The Kier molecular flexibility index (Phi) is 6.13. The predicted octanol–water partition coefficient (Wildman–Crippen LogP) is 1.41. The number of esters is 1. The maximum absolute atomic E-state index is 11.9. The first-order valence-electron chi connectivity index (χ1n) is 7.62. The predicted molar refractivity (Wildman–Crippen MR) is 93.3 cm³/mol. The molecule has 2 aromatic carbocycles. The topological polar surface area (TPSA) is 119 Å². The van der Waals surface area contributed by atoms with E-state index in [2.05, 4.69) is 5.32 Å². The molecule has 0 aromatic heterocycles. The molecule has 0 bridgehead atoms. The summed E-state index contributed by atoms with van der Waals surface area (Å²) >= 11 is 0. The first kappa shape index (κ1) is 18.9. The van der Waals surface area contributed by atoms with Crippen molar-refractivity contribution in [3.05, 3.63) is 60.2 Å². The molecule has 2 rings (SSSR count). The monoisotopic (exact) mass is 364 g/mol. The molecule has 7 nitrogen and oxygen atoms in total. The van der Waals surface area contributed by atoms with Crippen LogP contribution in [0.2, 0.25) is 0 Å². The number of hydrogen-bond donors (Lipinski definition) is 3. The van der Waals surface area contributed by atoms with Crippen molar-refractivity contribution in [3.8, 4) is 0 Å². The number of ether oxygens (including phenoxy) is 1. The van der Waals surface area contributed by atoms with Crippen LogP contribution in [-0.2, 0) is 19.6 Å². The number of nitrogens with two attached hydrogens (primary N) is 1. The van der Waals surface area contributed by atoms with E-state index in [1.54, 1.807) is 31.2 Å². The van der Waals surface area contributed by atoms with Crippen LogP contribution in [0.5, 0.6) is 0 Å². The van der Waals surface area contributed by atoms with Gasteiger partial charge in [0.1, 0.15) is 0 Å². The largest absolute Gasteiger partial charge is 0.464 e. The maximum Gasteiger partial charge on any atom is 0.337 e. The molecule has 0 saturated carbocycles. The molecule has 0 fully saturated rings. The average Bonchev–Trinajstić information content (AvgIpc) is 2.59. The molecular weight excluding hydrogens is 344 g/mol. The van der Waals surface area contributed by atoms with E-state index in [1.165, 1.54) is 24.3 Å². The minimum atomic E-state index is -3.79. The van der Waals surface area contributed by atoms with Crippen LogP contribution in [0, 0.1) is 0 Å². The number of carbonyl (C=O) groups is 1. The SMILES string of the molecule is CCOC(=O)[C@H](O)[C@H](Nc1ccc(S(N)(=O)=O)cc1)c1ccccc1. The highest BCUT2D eigenvalue weighted by Gasteiger charge is 2.28. The van der Waals surface area contributed by atoms with Gasteiger partial charge in [-0.05, 0) is 36.8 Å². The molecule has 4 N–H and O–H groups in total. The summed E-state index contributed by atoms with van der Waals surface area (Å²) in [5.74, 6) is -0.745. The van der Waals surface area contributed by atoms with Crippen molar-refractivity contribution in [2.24, 2.45) is 5.14 Å². The number of carbonyl (C=O) groups excluding carboxylic acids is 1. The van der Waals surface area contributed by atoms with E-state index >= 15 is 0 Å². The van der Waals surface area contributed by atoms with Crippen molar-refractivity contribution in [3.63, 3.8) is 0 Å². The smallest absolute Gasteiger partial charge is 0.337 e. The highest BCUT2D eigenvalue weighted by atomic mass is 32.2. The molecule has 0 aliphatic heterocycles. The quantitative estimate of drug-likeness (QED) is 0.639. The molecule has 0 aliphatic rings. The number of hydrogen-bond acceptors (Lipinski definition) is 6. The van der Waals surface area contributed by atoms with Crippen molar-refractivity contribution in [2.45, 2.75) is 24.0 Å². The molecule has 0 radical (unpaired) electrons. The van der Waals surface area contributed by atoms with E-state index in [-0.39, 0.29) is 11.5 Å². The number of rotatable bonds is 7. The van der Waals surface area contributed by atoms with Crippen LogP contribution < -0.4 is 10.5 Å². The van der Waals surface area contributed by atoms with E-state index in [4.69, 9.17) is 9.88 Å². The Bertz CT molecular complexity index is 807. The third-order valence-corrected chi connectivity index (χ3v) is 4.44. The highest BCUT2D eigenvalue weighted by Crippen LogP contribution is 2.24. The standard InChI is InChI=1S/C17H20N2O5S/c1-2-24-17(21)16(20)15(12-6-4-3-5-7-12)19-13-8-10-14(11-9-13)25(18,22)23/h3-11,15-16,19-20H,2H2,1H3,(H2,18,22,23)/t15-,16-/m1/s1. The van der Waals surface area contributed by atoms with Gasteiger partial charge in [0.25, 0.3) is 0 Å². The Morgan fingerprint density at radius 1 is 1.16 bits per heavy atom. The normalized spacial score (nSPS) is 13.7. The Morgan fingerprint density at radius 2 is 1.76 bits per heavy atom. The summed E-state index contributed by atoms with van der Waals surface area (Å²) in [4.78, 5) is 11.9. The van der Waals surface area contributed by atoms with Gasteiger partial charge in [0.15, 0.2) is 6.10 Å². The van der Waals surface area contributed by atoms with Crippen LogP contribution in [0.1, 0.15) is 18.5 Å². The van der Waals surface area contributed by atoms with Gasteiger partial charge in [-0.2, -0.15) is 0 Å². The molecule has 8 heteroatoms. The fourth-order valence-electron chi connectivity index (χ4n) is 2.29. The lowest BCUT2D eigenvalue weighted by molar-refractivity contribution is -0.153. The first-order valence-corrected chi connectivity index (χ1v) is 9.16. The number of aliphatic hydroxyl groups excluding tert-OH is 1. The number of nitrogens with one attached hydrogen (secondary N) is 1. The fourth-order valence-corrected chi connectivity index (χ4v) is 2.80. The van der Waals surface area contributed by atoms with Gasteiger partial charge in [0.2, 0.25) is 10.0 Å². The van der Waals surface area contributed by atoms with E-state index in [0.29, 0.717) is 11.3 Å². The Morgan fingerprint density at radius 3 is 2.28 bits per heavy atom. The zero-order valence-electron chi connectivity index (χ0n) is 13.6. The summed E-state index contributed by atoms with van der Waals surface area (Å²) in [6, 6.07) is 13.8. The van der Waals surface area contributed by atoms with Gasteiger partial charge in [-0.3, -0.25) is 0 Å². The Labute approximate surface area is 146 Å². The van der Waals surface area contributed by atoms with Gasteiger partial charge in [0, 0.05) is 5.69 Å². The summed E-state index contributed by atoms with van der Waals surface area (Å²) in [6.45, 7) is 1.81. The molecule has 0 unspecified atom stereocenters. The van der Waals surface area contributed by atoms with Crippen molar-refractivity contribution >= 4 is 21.7 Å². The zero-order valence-corrected chi connectivity index (χ0v) is 14.4. The number of sulfonamides is 1. The van der Waals surface area contributed by atoms with Crippen LogP contribution in [0.4, 0.5) is 5.69 Å². The lowest BCUT2D eigenvalue weighted by atomic mass is 10.0. The lowest BCUT2D eigenvalue weighted by Crippen LogP contribution is -2.34. The Balaban J connectivity index is 2.28. The van der Waals surface area contributed by atoms with Crippen LogP contribution in [0.15, 0.2) is 59.5 Å². The summed E-state index contributed by atoms with van der Waals surface area (Å²) in [6.07, 6.45) is -1.43. The van der Waals surface area contributed by atoms with Crippen molar-refractivity contribution < 1.29 is 23.1 Å². The minimum Gasteiger partial charge on any atom is -0.464 e. The van der Waals surface area contributed by atoms with E-state index in [1.807, 2.05) is 6.07 Å². The van der Waals surface area contributed by atoms with Gasteiger partial charge < -0.3 is 15.2 Å². The second-order valence-corrected chi connectivity index (χ2v) is 6.86. The van der Waals surface area contributed by atoms with E-state index in [0.717, 1.165) is 0 Å². The van der Waals surface area contributed by atoms with Gasteiger partial charge in [0.05, 0.1) is 17.5 Å². The number of anilines is 1. The summed E-state index contributed by atoms with van der Waals surface area (Å²) in [5, 5.41) is 18.5. The molecule has 134 valence electrons. The number of benzene rings is 2. The third-order valence-electron chi connectivity index (χ3n) is 3.51. The molecule has 25 heavy (non-hydrogen) atoms. The third kappa shape index (κ3) is 5.02. The zero-order chi connectivity index (χ0) is 18.4. The summed E-state index contributed by atoms with van der Waals surface area (Å²) in [5.41, 5.74) is 1.20. The lowest BCUT2D eigenvalue weighted by Gasteiger charge is -2.24. The van der Waals surface area contributed by atoms with Crippen LogP contribution in [0.3, 0.4) is 0 Å². The average molecular weight is 364 g/mol. The minimum absolute atomic E-state index is 0.0275. The molecule has 2 atom stereocenters. The van der Waals surface area contributed by atoms with Gasteiger partial charge >= 0.3 is 5.97 Å². The molecule has 0 saturated heterocycles. The summed E-state index contributed by atoms with van der Waals surface area (Å²) in [7, 11) is -3.79. The van der Waals surface area contributed by atoms with Gasteiger partial charge in [-0.15, -0.1) is 0 Å².